The Morgan fingerprint density at radius 3 is 2.48 bits per heavy atom. The summed E-state index contributed by atoms with van der Waals surface area (Å²) in [6.07, 6.45) is 3.45. The molecule has 7 nitrogen and oxygen atoms in total. The van der Waals surface area contributed by atoms with Gasteiger partial charge in [-0.15, -0.1) is 0 Å². The van der Waals surface area contributed by atoms with Gasteiger partial charge < -0.3 is 0 Å². The van der Waals surface area contributed by atoms with Crippen LogP contribution in [0.5, 0.6) is 0 Å². The van der Waals surface area contributed by atoms with Gasteiger partial charge in [0.15, 0.2) is 0 Å². The number of sulfonamides is 2. The molecule has 132 valence electrons. The van der Waals surface area contributed by atoms with Crippen LogP contribution in [0.2, 0.25) is 0 Å². The summed E-state index contributed by atoms with van der Waals surface area (Å²) >= 11 is 0. The predicted molar refractivity (Wildman–Crippen MR) is 93.2 cm³/mol. The van der Waals surface area contributed by atoms with E-state index in [0.29, 0.717) is 18.7 Å². The Bertz CT molecular complexity index is 1000. The molecule has 25 heavy (non-hydrogen) atoms. The fraction of sp³-hybridized carbons (Fsp3) is 0.312. The number of fused-ring (bicyclic) bond motifs is 1. The Labute approximate surface area is 147 Å². The number of rotatable bonds is 4. The number of hydrogen-bond donors (Lipinski definition) is 0. The highest BCUT2D eigenvalue weighted by Crippen LogP contribution is 2.34. The van der Waals surface area contributed by atoms with Gasteiger partial charge in [0.1, 0.15) is 10.1 Å². The maximum absolute atomic E-state index is 12.9. The average Bonchev–Trinajstić information content (AvgIpc) is 2.98. The van der Waals surface area contributed by atoms with Gasteiger partial charge in [-0.25, -0.2) is 16.8 Å². The zero-order chi connectivity index (χ0) is 17.7. The lowest BCUT2D eigenvalue weighted by molar-refractivity contribution is 0.309. The number of anilines is 1. The molecule has 1 aromatic heterocycles. The summed E-state index contributed by atoms with van der Waals surface area (Å²) in [6.45, 7) is 0.351. The van der Waals surface area contributed by atoms with Gasteiger partial charge in [-0.1, -0.05) is 18.2 Å². The van der Waals surface area contributed by atoms with Crippen molar-refractivity contribution in [2.45, 2.75) is 16.6 Å². The molecule has 3 heterocycles. The number of hydrogen-bond acceptors (Lipinski definition) is 5. The summed E-state index contributed by atoms with van der Waals surface area (Å²) < 4.78 is 53.3. The predicted octanol–water partition coefficient (Wildman–Crippen LogP) is 0.847. The second-order valence-electron chi connectivity index (χ2n) is 6.13. The molecule has 0 radical (unpaired) electrons. The fourth-order valence-electron chi connectivity index (χ4n) is 3.19. The van der Waals surface area contributed by atoms with Crippen LogP contribution < -0.4 is 4.31 Å². The molecular formula is C16H17N3O4S2. The first-order valence-electron chi connectivity index (χ1n) is 7.90. The molecule has 0 N–H and O–H groups in total. The molecule has 0 aliphatic carbocycles. The summed E-state index contributed by atoms with van der Waals surface area (Å²) in [5.74, 6) is 0. The molecule has 0 amide bonds. The van der Waals surface area contributed by atoms with Gasteiger partial charge in [0.25, 0.3) is 0 Å². The van der Waals surface area contributed by atoms with Gasteiger partial charge in [0.2, 0.25) is 20.0 Å². The van der Waals surface area contributed by atoms with Crippen molar-refractivity contribution in [3.8, 4) is 0 Å². The van der Waals surface area contributed by atoms with E-state index < -0.39 is 25.3 Å². The van der Waals surface area contributed by atoms with Crippen LogP contribution in [-0.2, 0) is 26.5 Å². The molecule has 0 bridgehead atoms. The smallest absolute Gasteiger partial charge is 0.244 e. The first-order chi connectivity index (χ1) is 11.9. The summed E-state index contributed by atoms with van der Waals surface area (Å²) in [5.41, 5.74) is 1.71. The molecule has 4 rings (SSSR count). The van der Waals surface area contributed by atoms with E-state index in [2.05, 4.69) is 4.98 Å². The van der Waals surface area contributed by atoms with Crippen molar-refractivity contribution in [2.75, 3.05) is 23.9 Å². The molecule has 1 fully saturated rings. The minimum Gasteiger partial charge on any atom is -0.269 e. The zero-order valence-corrected chi connectivity index (χ0v) is 14.9. The second kappa shape index (κ2) is 5.79. The lowest BCUT2D eigenvalue weighted by Gasteiger charge is -2.39. The van der Waals surface area contributed by atoms with E-state index in [-0.39, 0.29) is 18.0 Å². The quantitative estimate of drug-likeness (QED) is 0.786. The molecular weight excluding hydrogens is 362 g/mol. The first kappa shape index (κ1) is 16.5. The van der Waals surface area contributed by atoms with Crippen molar-refractivity contribution in [2.24, 2.45) is 0 Å². The van der Waals surface area contributed by atoms with Crippen molar-refractivity contribution in [3.63, 3.8) is 0 Å². The van der Waals surface area contributed by atoms with E-state index in [1.165, 1.54) is 27.1 Å². The zero-order valence-electron chi connectivity index (χ0n) is 13.3. The SMILES string of the molecule is O=S(=O)(c1cccnc1)N1CC(S(=O)(=O)N2CCc3ccccc32)C1. The van der Waals surface area contributed by atoms with E-state index >= 15 is 0 Å². The van der Waals surface area contributed by atoms with Gasteiger partial charge >= 0.3 is 0 Å². The Morgan fingerprint density at radius 2 is 1.76 bits per heavy atom. The minimum absolute atomic E-state index is 0.0295. The van der Waals surface area contributed by atoms with E-state index in [4.69, 9.17) is 0 Å². The van der Waals surface area contributed by atoms with Crippen LogP contribution in [-0.4, -0.2) is 51.0 Å². The number of aromatic nitrogens is 1. The molecule has 2 aliphatic rings. The van der Waals surface area contributed by atoms with Crippen LogP contribution in [0, 0.1) is 0 Å². The Hall–Kier alpha value is -1.97. The molecule has 1 saturated heterocycles. The molecule has 2 aliphatic heterocycles. The minimum atomic E-state index is -3.69. The maximum Gasteiger partial charge on any atom is 0.244 e. The second-order valence-corrected chi connectivity index (χ2v) is 10.2. The monoisotopic (exact) mass is 379 g/mol. The standard InChI is InChI=1S/C16H17N3O4S2/c20-24(21,14-5-3-8-17-10-14)18-11-15(12-18)25(22,23)19-9-7-13-4-1-2-6-16(13)19/h1-6,8,10,15H,7,9,11-12H2. The van der Waals surface area contributed by atoms with Crippen LogP contribution in [0.25, 0.3) is 0 Å². The normalized spacial score (nSPS) is 18.8. The Balaban J connectivity index is 1.53. The van der Waals surface area contributed by atoms with Gasteiger partial charge in [-0.05, 0) is 30.2 Å². The number of nitrogens with zero attached hydrogens (tertiary/aromatic N) is 3. The third-order valence-corrected chi connectivity index (χ3v) is 8.61. The largest absolute Gasteiger partial charge is 0.269 e. The lowest BCUT2D eigenvalue weighted by atomic mass is 10.2. The van der Waals surface area contributed by atoms with E-state index in [0.717, 1.165) is 5.56 Å². The Morgan fingerprint density at radius 1 is 1.00 bits per heavy atom. The molecule has 9 heteroatoms. The van der Waals surface area contributed by atoms with Crippen LogP contribution in [0.15, 0.2) is 53.7 Å². The Kier molecular flexibility index (Phi) is 3.82. The van der Waals surface area contributed by atoms with Crippen LogP contribution in [0.3, 0.4) is 0 Å². The van der Waals surface area contributed by atoms with Gasteiger partial charge in [0.05, 0.1) is 5.69 Å². The van der Waals surface area contributed by atoms with Crippen molar-refractivity contribution in [1.82, 2.24) is 9.29 Å². The van der Waals surface area contributed by atoms with Crippen molar-refractivity contribution in [1.29, 1.82) is 0 Å². The summed E-state index contributed by atoms with van der Waals surface area (Å²) in [5, 5.41) is -0.717. The van der Waals surface area contributed by atoms with Crippen LogP contribution in [0.4, 0.5) is 5.69 Å². The molecule has 1 aromatic carbocycles. The summed E-state index contributed by atoms with van der Waals surface area (Å²) in [4.78, 5) is 3.90. The highest BCUT2D eigenvalue weighted by Gasteiger charge is 2.47. The van der Waals surface area contributed by atoms with E-state index in [9.17, 15) is 16.8 Å². The van der Waals surface area contributed by atoms with Crippen molar-refractivity contribution >= 4 is 25.7 Å². The molecule has 0 atom stereocenters. The van der Waals surface area contributed by atoms with Crippen LogP contribution >= 0.6 is 0 Å². The lowest BCUT2D eigenvalue weighted by Crippen LogP contribution is -2.59. The van der Waals surface area contributed by atoms with Crippen LogP contribution in [0.1, 0.15) is 5.56 Å². The molecule has 0 spiro atoms. The van der Waals surface area contributed by atoms with Gasteiger partial charge in [-0.3, -0.25) is 9.29 Å². The van der Waals surface area contributed by atoms with Crippen molar-refractivity contribution < 1.29 is 16.8 Å². The van der Waals surface area contributed by atoms with E-state index in [1.807, 2.05) is 18.2 Å². The number of para-hydroxylation sites is 1. The van der Waals surface area contributed by atoms with Crippen molar-refractivity contribution in [3.05, 3.63) is 54.4 Å². The maximum atomic E-state index is 12.9. The number of benzene rings is 1. The van der Waals surface area contributed by atoms with Gasteiger partial charge in [0, 0.05) is 32.0 Å². The molecule has 0 unspecified atom stereocenters. The summed E-state index contributed by atoms with van der Waals surface area (Å²) in [6, 6.07) is 10.4. The molecule has 0 saturated carbocycles. The fourth-order valence-corrected chi connectivity index (χ4v) is 6.76. The molecule has 2 aromatic rings. The third kappa shape index (κ3) is 2.62. The third-order valence-electron chi connectivity index (χ3n) is 4.66. The topological polar surface area (TPSA) is 87.6 Å². The van der Waals surface area contributed by atoms with Gasteiger partial charge in [-0.2, -0.15) is 4.31 Å². The van der Waals surface area contributed by atoms with E-state index in [1.54, 1.807) is 12.1 Å². The summed E-state index contributed by atoms with van der Waals surface area (Å²) in [7, 11) is -7.27. The highest BCUT2D eigenvalue weighted by atomic mass is 32.2. The average molecular weight is 379 g/mol. The first-order valence-corrected chi connectivity index (χ1v) is 10.8. The number of pyridine rings is 1. The highest BCUT2D eigenvalue weighted by molar-refractivity contribution is 7.94.